The maximum absolute atomic E-state index is 12.7. The number of hydrogen-bond acceptors (Lipinski definition) is 2. The van der Waals surface area contributed by atoms with Crippen LogP contribution in [0.15, 0.2) is 60.7 Å². The summed E-state index contributed by atoms with van der Waals surface area (Å²) in [7, 11) is 0. The molecule has 0 aromatic heterocycles. The predicted octanol–water partition coefficient (Wildman–Crippen LogP) is 4.26. The van der Waals surface area contributed by atoms with Gasteiger partial charge >= 0.3 is 0 Å². The number of carbonyl (C=O) groups excluding carboxylic acids is 1. The Bertz CT molecular complexity index is 565. The summed E-state index contributed by atoms with van der Waals surface area (Å²) in [5, 5.41) is 3.52. The van der Waals surface area contributed by atoms with Gasteiger partial charge in [-0.05, 0) is 25.3 Å². The van der Waals surface area contributed by atoms with Crippen molar-refractivity contribution in [2.75, 3.05) is 0 Å². The Morgan fingerprint density at radius 3 is 2.18 bits per heavy atom. The molecule has 116 valence electrons. The summed E-state index contributed by atoms with van der Waals surface area (Å²) in [4.78, 5) is 12.7. The van der Waals surface area contributed by atoms with Gasteiger partial charge in [0.2, 0.25) is 0 Å². The predicted molar refractivity (Wildman–Crippen MR) is 92.2 cm³/mol. The molecule has 0 spiro atoms. The molecule has 0 aliphatic carbocycles. The van der Waals surface area contributed by atoms with E-state index in [4.69, 9.17) is 0 Å². The number of benzene rings is 2. The highest BCUT2D eigenvalue weighted by atomic mass is 16.1. The van der Waals surface area contributed by atoms with Crippen molar-refractivity contribution in [3.63, 3.8) is 0 Å². The second-order valence-electron chi connectivity index (χ2n) is 5.83. The number of carbonyl (C=O) groups is 1. The highest BCUT2D eigenvalue weighted by Gasteiger charge is 2.20. The van der Waals surface area contributed by atoms with Crippen LogP contribution in [0.4, 0.5) is 0 Å². The fraction of sp³-hybridized carbons (Fsp3) is 0.350. The van der Waals surface area contributed by atoms with Crippen molar-refractivity contribution in [3.8, 4) is 0 Å². The van der Waals surface area contributed by atoms with Gasteiger partial charge in [0, 0.05) is 11.6 Å². The molecule has 0 fully saturated rings. The van der Waals surface area contributed by atoms with E-state index in [1.54, 1.807) is 0 Å². The van der Waals surface area contributed by atoms with Gasteiger partial charge in [-0.3, -0.25) is 4.79 Å². The van der Waals surface area contributed by atoms with Gasteiger partial charge in [-0.15, -0.1) is 0 Å². The molecule has 0 heterocycles. The second kappa shape index (κ2) is 8.50. The smallest absolute Gasteiger partial charge is 0.179 e. The van der Waals surface area contributed by atoms with E-state index in [2.05, 4.69) is 43.4 Å². The van der Waals surface area contributed by atoms with Gasteiger partial charge in [0.25, 0.3) is 0 Å². The van der Waals surface area contributed by atoms with E-state index in [9.17, 15) is 4.79 Å². The van der Waals surface area contributed by atoms with Crippen LogP contribution in [0.1, 0.15) is 42.6 Å². The lowest BCUT2D eigenvalue weighted by Crippen LogP contribution is -2.43. The SMILES string of the molecule is CCC[C@@H](N[C@@H](C)Cc1ccccc1)C(=O)c1ccccc1. The van der Waals surface area contributed by atoms with Crippen LogP contribution in [0.2, 0.25) is 0 Å². The van der Waals surface area contributed by atoms with Crippen molar-refractivity contribution in [2.45, 2.75) is 45.2 Å². The van der Waals surface area contributed by atoms with E-state index in [1.807, 2.05) is 36.4 Å². The number of rotatable bonds is 8. The third kappa shape index (κ3) is 4.81. The summed E-state index contributed by atoms with van der Waals surface area (Å²) < 4.78 is 0. The lowest BCUT2D eigenvalue weighted by molar-refractivity contribution is 0.0930. The summed E-state index contributed by atoms with van der Waals surface area (Å²) in [6, 6.07) is 20.1. The standard InChI is InChI=1S/C20H25NO/c1-3-10-19(20(22)18-13-8-5-9-14-18)21-16(2)15-17-11-6-4-7-12-17/h4-9,11-14,16,19,21H,3,10,15H2,1-2H3/t16-,19+/m0/s1. The molecule has 0 aliphatic rings. The maximum Gasteiger partial charge on any atom is 0.179 e. The van der Waals surface area contributed by atoms with E-state index in [1.165, 1.54) is 5.56 Å². The highest BCUT2D eigenvalue weighted by Crippen LogP contribution is 2.10. The van der Waals surface area contributed by atoms with Crippen molar-refractivity contribution in [3.05, 3.63) is 71.8 Å². The first-order valence-corrected chi connectivity index (χ1v) is 8.10. The number of Topliss-reactive ketones (excluding diaryl/α,β-unsaturated/α-hetero) is 1. The van der Waals surface area contributed by atoms with Crippen LogP contribution in [-0.4, -0.2) is 17.9 Å². The molecule has 2 nitrogen and oxygen atoms in total. The molecule has 1 N–H and O–H groups in total. The summed E-state index contributed by atoms with van der Waals surface area (Å²) >= 11 is 0. The van der Waals surface area contributed by atoms with Crippen molar-refractivity contribution < 1.29 is 4.79 Å². The molecule has 0 unspecified atom stereocenters. The van der Waals surface area contributed by atoms with Crippen LogP contribution in [-0.2, 0) is 6.42 Å². The number of ketones is 1. The lowest BCUT2D eigenvalue weighted by Gasteiger charge is -2.22. The molecule has 2 aromatic rings. The molecule has 2 heteroatoms. The molecule has 0 radical (unpaired) electrons. The molecule has 0 saturated carbocycles. The van der Waals surface area contributed by atoms with E-state index in [0.717, 1.165) is 24.8 Å². The Balaban J connectivity index is 2.00. The lowest BCUT2D eigenvalue weighted by atomic mass is 9.98. The molecule has 0 aliphatic heterocycles. The zero-order valence-corrected chi connectivity index (χ0v) is 13.5. The third-order valence-electron chi connectivity index (χ3n) is 3.82. The average Bonchev–Trinajstić information content (AvgIpc) is 2.55. The summed E-state index contributed by atoms with van der Waals surface area (Å²) in [5.41, 5.74) is 2.09. The topological polar surface area (TPSA) is 29.1 Å². The number of hydrogen-bond donors (Lipinski definition) is 1. The molecule has 0 bridgehead atoms. The van der Waals surface area contributed by atoms with Crippen LogP contribution >= 0.6 is 0 Å². The Morgan fingerprint density at radius 1 is 1.00 bits per heavy atom. The minimum atomic E-state index is -0.105. The molecule has 0 saturated heterocycles. The van der Waals surface area contributed by atoms with Crippen molar-refractivity contribution in [1.29, 1.82) is 0 Å². The highest BCUT2D eigenvalue weighted by molar-refractivity contribution is 6.00. The summed E-state index contributed by atoms with van der Waals surface area (Å²) in [6.45, 7) is 4.27. The summed E-state index contributed by atoms with van der Waals surface area (Å²) in [6.07, 6.45) is 2.80. The van der Waals surface area contributed by atoms with Crippen molar-refractivity contribution in [1.82, 2.24) is 5.32 Å². The van der Waals surface area contributed by atoms with Gasteiger partial charge in [0.1, 0.15) is 0 Å². The monoisotopic (exact) mass is 295 g/mol. The van der Waals surface area contributed by atoms with Crippen LogP contribution < -0.4 is 5.32 Å². The van der Waals surface area contributed by atoms with Crippen LogP contribution in [0.25, 0.3) is 0 Å². The zero-order valence-electron chi connectivity index (χ0n) is 13.5. The van der Waals surface area contributed by atoms with E-state index < -0.39 is 0 Å². The summed E-state index contributed by atoms with van der Waals surface area (Å²) in [5.74, 6) is 0.197. The van der Waals surface area contributed by atoms with Gasteiger partial charge in [-0.2, -0.15) is 0 Å². The molecule has 2 atom stereocenters. The third-order valence-corrected chi connectivity index (χ3v) is 3.82. The minimum absolute atomic E-state index is 0.105. The van der Waals surface area contributed by atoms with E-state index in [-0.39, 0.29) is 17.9 Å². The van der Waals surface area contributed by atoms with Gasteiger partial charge in [0.05, 0.1) is 6.04 Å². The Morgan fingerprint density at radius 2 is 1.59 bits per heavy atom. The number of nitrogens with one attached hydrogen (secondary N) is 1. The average molecular weight is 295 g/mol. The van der Waals surface area contributed by atoms with Gasteiger partial charge < -0.3 is 5.32 Å². The molecular weight excluding hydrogens is 270 g/mol. The fourth-order valence-electron chi connectivity index (χ4n) is 2.75. The first-order valence-electron chi connectivity index (χ1n) is 8.10. The minimum Gasteiger partial charge on any atom is -0.304 e. The van der Waals surface area contributed by atoms with E-state index in [0.29, 0.717) is 0 Å². The van der Waals surface area contributed by atoms with Crippen LogP contribution in [0, 0.1) is 0 Å². The molecular formula is C20H25NO. The largest absolute Gasteiger partial charge is 0.304 e. The molecule has 2 rings (SSSR count). The fourth-order valence-corrected chi connectivity index (χ4v) is 2.75. The van der Waals surface area contributed by atoms with Crippen molar-refractivity contribution in [2.24, 2.45) is 0 Å². The Hall–Kier alpha value is -1.93. The molecule has 2 aromatic carbocycles. The van der Waals surface area contributed by atoms with Gasteiger partial charge in [-0.25, -0.2) is 0 Å². The Kier molecular flexibility index (Phi) is 6.35. The first-order chi connectivity index (χ1) is 10.7. The van der Waals surface area contributed by atoms with Gasteiger partial charge in [0.15, 0.2) is 5.78 Å². The first kappa shape index (κ1) is 16.4. The quantitative estimate of drug-likeness (QED) is 0.737. The molecule has 0 amide bonds. The van der Waals surface area contributed by atoms with Crippen LogP contribution in [0.3, 0.4) is 0 Å². The maximum atomic E-state index is 12.7. The normalized spacial score (nSPS) is 13.5. The van der Waals surface area contributed by atoms with E-state index >= 15 is 0 Å². The van der Waals surface area contributed by atoms with Crippen LogP contribution in [0.5, 0.6) is 0 Å². The zero-order chi connectivity index (χ0) is 15.8. The van der Waals surface area contributed by atoms with Crippen molar-refractivity contribution >= 4 is 5.78 Å². The second-order valence-corrected chi connectivity index (χ2v) is 5.83. The Labute approximate surface area is 133 Å². The van der Waals surface area contributed by atoms with Gasteiger partial charge in [-0.1, -0.05) is 74.0 Å². The molecule has 22 heavy (non-hydrogen) atoms.